The Bertz CT molecular complexity index is 489. The third kappa shape index (κ3) is 5.06. The summed E-state index contributed by atoms with van der Waals surface area (Å²) in [5.74, 6) is -1.85. The molecular weight excluding hydrogens is 277 g/mol. The molecule has 1 aromatic carbocycles. The molecule has 0 aliphatic rings. The number of hydrogen-bond acceptors (Lipinski definition) is 3. The molecule has 116 valence electrons. The Kier molecular flexibility index (Phi) is 6.14. The van der Waals surface area contributed by atoms with Crippen LogP contribution in [-0.4, -0.2) is 29.1 Å². The van der Waals surface area contributed by atoms with Gasteiger partial charge in [0.05, 0.1) is 0 Å². The van der Waals surface area contributed by atoms with E-state index in [4.69, 9.17) is 9.84 Å². The van der Waals surface area contributed by atoms with E-state index < -0.39 is 29.8 Å². The van der Waals surface area contributed by atoms with E-state index in [2.05, 4.69) is 5.32 Å². The number of carboxylic acids is 1. The maximum absolute atomic E-state index is 12.8. The van der Waals surface area contributed by atoms with Gasteiger partial charge in [0.2, 0.25) is 0 Å². The zero-order chi connectivity index (χ0) is 16.0. The molecule has 0 radical (unpaired) electrons. The molecule has 1 rings (SSSR count). The molecule has 5 nitrogen and oxygen atoms in total. The lowest BCUT2D eigenvalue weighted by Gasteiger charge is -2.22. The minimum absolute atomic E-state index is 0.190. The van der Waals surface area contributed by atoms with E-state index in [0.717, 1.165) is 0 Å². The molecule has 0 saturated heterocycles. The first kappa shape index (κ1) is 16.9. The number of amides is 1. The van der Waals surface area contributed by atoms with Gasteiger partial charge in [-0.1, -0.05) is 20.3 Å². The van der Waals surface area contributed by atoms with Crippen molar-refractivity contribution in [3.05, 3.63) is 30.1 Å². The van der Waals surface area contributed by atoms with Gasteiger partial charge in [0, 0.05) is 0 Å². The highest BCUT2D eigenvalue weighted by Crippen LogP contribution is 2.14. The fraction of sp³-hybridized carbons (Fsp3) is 0.467. The molecule has 1 amide bonds. The van der Waals surface area contributed by atoms with Crippen molar-refractivity contribution in [2.45, 2.75) is 39.3 Å². The summed E-state index contributed by atoms with van der Waals surface area (Å²) in [6.45, 7) is 5.12. The zero-order valence-corrected chi connectivity index (χ0v) is 12.3. The second-order valence-electron chi connectivity index (χ2n) is 4.92. The van der Waals surface area contributed by atoms with Gasteiger partial charge in [-0.05, 0) is 37.1 Å². The summed E-state index contributed by atoms with van der Waals surface area (Å²) in [6, 6.07) is 4.30. The first-order valence-corrected chi connectivity index (χ1v) is 6.80. The van der Waals surface area contributed by atoms with E-state index in [1.807, 2.05) is 6.92 Å². The minimum atomic E-state index is -1.08. The lowest BCUT2D eigenvalue weighted by atomic mass is 9.99. The van der Waals surface area contributed by atoms with Crippen molar-refractivity contribution in [1.82, 2.24) is 5.32 Å². The van der Waals surface area contributed by atoms with Gasteiger partial charge in [-0.3, -0.25) is 4.79 Å². The summed E-state index contributed by atoms with van der Waals surface area (Å²) in [6.07, 6.45) is -0.244. The maximum atomic E-state index is 12.8. The third-order valence-electron chi connectivity index (χ3n) is 3.27. The number of rotatable bonds is 7. The molecule has 0 aliphatic heterocycles. The Morgan fingerprint density at radius 2 is 1.86 bits per heavy atom. The van der Waals surface area contributed by atoms with Crippen LogP contribution in [0.2, 0.25) is 0 Å². The molecule has 6 heteroatoms. The highest BCUT2D eigenvalue weighted by molar-refractivity contribution is 5.86. The first-order chi connectivity index (χ1) is 9.85. The van der Waals surface area contributed by atoms with Crippen LogP contribution in [0.1, 0.15) is 27.2 Å². The van der Waals surface area contributed by atoms with Crippen molar-refractivity contribution in [3.8, 4) is 5.75 Å². The number of carboxylic acid groups (broad SMARTS) is 1. The third-order valence-corrected chi connectivity index (χ3v) is 3.27. The van der Waals surface area contributed by atoms with Crippen molar-refractivity contribution in [2.24, 2.45) is 5.92 Å². The Labute approximate surface area is 123 Å². The van der Waals surface area contributed by atoms with Gasteiger partial charge in [-0.15, -0.1) is 0 Å². The number of hydrogen-bond donors (Lipinski definition) is 2. The predicted octanol–water partition coefficient (Wildman–Crippen LogP) is 2.21. The summed E-state index contributed by atoms with van der Waals surface area (Å²) >= 11 is 0. The van der Waals surface area contributed by atoms with Crippen LogP contribution in [0.4, 0.5) is 4.39 Å². The predicted molar refractivity (Wildman–Crippen MR) is 75.5 cm³/mol. The second-order valence-corrected chi connectivity index (χ2v) is 4.92. The van der Waals surface area contributed by atoms with Gasteiger partial charge in [-0.25, -0.2) is 9.18 Å². The quantitative estimate of drug-likeness (QED) is 0.809. The lowest BCUT2D eigenvalue weighted by Crippen LogP contribution is -2.49. The molecule has 0 spiro atoms. The number of carbonyl (C=O) groups is 2. The van der Waals surface area contributed by atoms with Crippen LogP contribution in [-0.2, 0) is 9.59 Å². The van der Waals surface area contributed by atoms with Crippen LogP contribution in [0, 0.1) is 11.7 Å². The van der Waals surface area contributed by atoms with Crippen LogP contribution in [0.25, 0.3) is 0 Å². The van der Waals surface area contributed by atoms with Gasteiger partial charge in [-0.2, -0.15) is 0 Å². The SMILES string of the molecule is CC[C@H](C)[C@H](NC(=O)C(C)Oc1ccc(F)cc1)C(=O)O. The van der Waals surface area contributed by atoms with E-state index in [9.17, 15) is 14.0 Å². The molecule has 21 heavy (non-hydrogen) atoms. The average Bonchev–Trinajstić information content (AvgIpc) is 2.45. The zero-order valence-electron chi connectivity index (χ0n) is 12.3. The van der Waals surface area contributed by atoms with Crippen LogP contribution >= 0.6 is 0 Å². The number of ether oxygens (including phenoxy) is 1. The number of halogens is 1. The molecule has 2 N–H and O–H groups in total. The van der Waals surface area contributed by atoms with E-state index in [1.165, 1.54) is 31.2 Å². The largest absolute Gasteiger partial charge is 0.481 e. The lowest BCUT2D eigenvalue weighted by molar-refractivity contribution is -0.144. The molecular formula is C15H20FNO4. The topological polar surface area (TPSA) is 75.6 Å². The molecule has 0 heterocycles. The number of carbonyl (C=O) groups excluding carboxylic acids is 1. The molecule has 0 aromatic heterocycles. The Morgan fingerprint density at radius 3 is 2.33 bits per heavy atom. The summed E-state index contributed by atoms with van der Waals surface area (Å²) in [5.41, 5.74) is 0. The molecule has 0 aliphatic carbocycles. The highest BCUT2D eigenvalue weighted by atomic mass is 19.1. The van der Waals surface area contributed by atoms with Crippen molar-refractivity contribution in [3.63, 3.8) is 0 Å². The van der Waals surface area contributed by atoms with Gasteiger partial charge in [0.25, 0.3) is 5.91 Å². The van der Waals surface area contributed by atoms with Crippen molar-refractivity contribution in [1.29, 1.82) is 0 Å². The molecule has 0 bridgehead atoms. The highest BCUT2D eigenvalue weighted by Gasteiger charge is 2.27. The van der Waals surface area contributed by atoms with Crippen molar-refractivity contribution < 1.29 is 23.8 Å². The summed E-state index contributed by atoms with van der Waals surface area (Å²) in [4.78, 5) is 23.1. The fourth-order valence-electron chi connectivity index (χ4n) is 1.72. The Hall–Kier alpha value is -2.11. The number of benzene rings is 1. The molecule has 0 fully saturated rings. The summed E-state index contributed by atoms with van der Waals surface area (Å²) < 4.78 is 18.1. The van der Waals surface area contributed by atoms with E-state index in [0.29, 0.717) is 12.2 Å². The van der Waals surface area contributed by atoms with E-state index >= 15 is 0 Å². The van der Waals surface area contributed by atoms with Crippen molar-refractivity contribution in [2.75, 3.05) is 0 Å². The smallest absolute Gasteiger partial charge is 0.326 e. The van der Waals surface area contributed by atoms with E-state index in [-0.39, 0.29) is 5.92 Å². The van der Waals surface area contributed by atoms with Crippen molar-refractivity contribution >= 4 is 11.9 Å². The van der Waals surface area contributed by atoms with Gasteiger partial charge in [0.1, 0.15) is 17.6 Å². The Morgan fingerprint density at radius 1 is 1.29 bits per heavy atom. The normalized spacial score (nSPS) is 14.9. The minimum Gasteiger partial charge on any atom is -0.481 e. The molecule has 1 aromatic rings. The van der Waals surface area contributed by atoms with Crippen LogP contribution in [0.15, 0.2) is 24.3 Å². The van der Waals surface area contributed by atoms with Gasteiger partial charge < -0.3 is 15.2 Å². The van der Waals surface area contributed by atoms with Gasteiger partial charge in [0.15, 0.2) is 6.10 Å². The van der Waals surface area contributed by atoms with Crippen LogP contribution < -0.4 is 10.1 Å². The monoisotopic (exact) mass is 297 g/mol. The standard InChI is InChI=1S/C15H20FNO4/c1-4-9(2)13(15(19)20)17-14(18)10(3)21-12-7-5-11(16)6-8-12/h5-10,13H,4H2,1-3H3,(H,17,18)(H,19,20)/t9-,10?,13-/m0/s1. The maximum Gasteiger partial charge on any atom is 0.326 e. The Balaban J connectivity index is 2.64. The van der Waals surface area contributed by atoms with E-state index in [1.54, 1.807) is 6.92 Å². The second kappa shape index (κ2) is 7.61. The molecule has 0 saturated carbocycles. The van der Waals surface area contributed by atoms with Gasteiger partial charge >= 0.3 is 5.97 Å². The first-order valence-electron chi connectivity index (χ1n) is 6.80. The summed E-state index contributed by atoms with van der Waals surface area (Å²) in [7, 11) is 0. The van der Waals surface area contributed by atoms with Crippen LogP contribution in [0.3, 0.4) is 0 Å². The molecule has 3 atom stereocenters. The summed E-state index contributed by atoms with van der Waals surface area (Å²) in [5, 5.41) is 11.6. The fourth-order valence-corrected chi connectivity index (χ4v) is 1.72. The number of nitrogens with one attached hydrogen (secondary N) is 1. The molecule has 1 unspecified atom stereocenters. The number of aliphatic carboxylic acids is 1. The average molecular weight is 297 g/mol. The van der Waals surface area contributed by atoms with Crippen LogP contribution in [0.5, 0.6) is 5.75 Å².